The summed E-state index contributed by atoms with van der Waals surface area (Å²) < 4.78 is 34.9. The SMILES string of the molecule is CN(C)S(=O)N1CCN(c2ccc(OCc3nn(C)c4c3-c3c(Cl)ccc5c(c(C(=O)O)n(C)c35)CCCOc3cc(cc5ccccc35)CCc3cc(nn3C)CNC4)cc2)CC1. The largest absolute Gasteiger partial charge is 0.493 e. The molecule has 5 heterocycles. The van der Waals surface area contributed by atoms with Gasteiger partial charge in [-0.1, -0.05) is 48.0 Å². The molecule has 4 aromatic carbocycles. The number of fused-ring (bicyclic) bond motifs is 8. The smallest absolute Gasteiger partial charge is 0.352 e. The van der Waals surface area contributed by atoms with Crippen molar-refractivity contribution in [1.82, 2.24) is 38.1 Å². The van der Waals surface area contributed by atoms with Gasteiger partial charge in [0.05, 0.1) is 28.5 Å². The van der Waals surface area contributed by atoms with Gasteiger partial charge >= 0.3 is 5.97 Å². The van der Waals surface area contributed by atoms with Crippen LogP contribution in [-0.4, -0.2) is 94.9 Å². The van der Waals surface area contributed by atoms with E-state index < -0.39 is 17.1 Å². The number of benzene rings is 4. The van der Waals surface area contributed by atoms with Crippen LogP contribution in [-0.2, 0) is 71.3 Å². The minimum atomic E-state index is -1.14. The molecule has 0 radical (unpaired) electrons. The van der Waals surface area contributed by atoms with Crippen molar-refractivity contribution in [3.8, 4) is 22.6 Å². The number of hydrogen-bond acceptors (Lipinski definition) is 8. The van der Waals surface area contributed by atoms with E-state index >= 15 is 0 Å². The Balaban J connectivity index is 1.06. The highest BCUT2D eigenvalue weighted by Crippen LogP contribution is 2.42. The van der Waals surface area contributed by atoms with Crippen LogP contribution in [0, 0.1) is 0 Å². The van der Waals surface area contributed by atoms with Crippen molar-refractivity contribution < 1.29 is 23.6 Å². The van der Waals surface area contributed by atoms with Crippen LogP contribution in [0.1, 0.15) is 50.8 Å². The molecular weight excluding hydrogens is 850 g/mol. The highest BCUT2D eigenvalue weighted by molar-refractivity contribution is 7.80. The number of rotatable bonds is 7. The molecule has 1 fully saturated rings. The minimum Gasteiger partial charge on any atom is -0.493 e. The number of aromatic carboxylic acids is 1. The summed E-state index contributed by atoms with van der Waals surface area (Å²) in [5.41, 5.74) is 9.02. The van der Waals surface area contributed by atoms with E-state index in [1.807, 2.05) is 78.3 Å². The van der Waals surface area contributed by atoms with Crippen LogP contribution in [0.5, 0.6) is 11.5 Å². The summed E-state index contributed by atoms with van der Waals surface area (Å²) in [5, 5.41) is 27.7. The first-order valence-electron chi connectivity index (χ1n) is 21.7. The molecule has 2 aliphatic heterocycles. The summed E-state index contributed by atoms with van der Waals surface area (Å²) in [6, 6.07) is 26.6. The Labute approximate surface area is 380 Å². The summed E-state index contributed by atoms with van der Waals surface area (Å²) >= 11 is 6.11. The molecule has 3 aromatic heterocycles. The molecule has 8 bridgehead atoms. The van der Waals surface area contributed by atoms with Crippen LogP contribution >= 0.6 is 11.6 Å². The molecule has 1 saturated heterocycles. The van der Waals surface area contributed by atoms with E-state index in [-0.39, 0.29) is 12.3 Å². The van der Waals surface area contributed by atoms with E-state index in [4.69, 9.17) is 31.3 Å². The summed E-state index contributed by atoms with van der Waals surface area (Å²) in [4.78, 5) is 15.4. The summed E-state index contributed by atoms with van der Waals surface area (Å²) in [6.07, 6.45) is 2.72. The van der Waals surface area contributed by atoms with Gasteiger partial charge in [-0.15, -0.1) is 0 Å². The highest BCUT2D eigenvalue weighted by atomic mass is 35.5. The van der Waals surface area contributed by atoms with Gasteiger partial charge < -0.3 is 29.4 Å². The molecule has 2 aliphatic rings. The Morgan fingerprint density at radius 1 is 0.891 bits per heavy atom. The predicted octanol–water partition coefficient (Wildman–Crippen LogP) is 7.06. The minimum absolute atomic E-state index is 0.143. The molecule has 0 saturated carbocycles. The Kier molecular flexibility index (Phi) is 12.5. The van der Waals surface area contributed by atoms with Crippen LogP contribution in [0.3, 0.4) is 0 Å². The van der Waals surface area contributed by atoms with E-state index in [9.17, 15) is 14.1 Å². The van der Waals surface area contributed by atoms with Crippen LogP contribution < -0.4 is 19.7 Å². The van der Waals surface area contributed by atoms with Gasteiger partial charge in [0.25, 0.3) is 0 Å². The maximum Gasteiger partial charge on any atom is 0.352 e. The number of piperazine rings is 1. The average Bonchev–Trinajstić information content (AvgIpc) is 3.91. The van der Waals surface area contributed by atoms with E-state index in [0.717, 1.165) is 81.7 Å². The van der Waals surface area contributed by atoms with Crippen molar-refractivity contribution >= 4 is 56.1 Å². The number of aryl methyl sites for hydroxylation is 6. The van der Waals surface area contributed by atoms with Gasteiger partial charge in [-0.3, -0.25) is 9.36 Å². The number of carboxylic acids is 1. The monoisotopic (exact) mass is 903 g/mol. The zero-order valence-corrected chi connectivity index (χ0v) is 38.5. The molecule has 1 atom stereocenters. The number of halogens is 1. The van der Waals surface area contributed by atoms with E-state index in [1.165, 1.54) is 5.56 Å². The number of carbonyl (C=O) groups is 1. The molecule has 334 valence electrons. The second-order valence-electron chi connectivity index (χ2n) is 16.8. The lowest BCUT2D eigenvalue weighted by molar-refractivity contribution is 0.0685. The molecule has 0 amide bonds. The van der Waals surface area contributed by atoms with Gasteiger partial charge in [-0.05, 0) is 84.7 Å². The molecule has 0 spiro atoms. The Morgan fingerprint density at radius 2 is 1.67 bits per heavy atom. The van der Waals surface area contributed by atoms with Gasteiger partial charge in [0.1, 0.15) is 29.5 Å². The first-order valence-corrected chi connectivity index (χ1v) is 23.2. The standard InChI is InChI=1S/C48H54ClN9O5S/c1-53(2)64(61)58-22-20-57(21-23-58)34-14-16-36(17-15-34)63-30-41-45-42(56(5)52-41)29-50-28-33-27-35(55(4)51-33)13-12-31-25-32-9-6-7-10-37(32)43(26-31)62-24-8-11-38-39-18-19-40(49)44(45)46(39)54(3)47(38)48(59)60/h6-7,9-10,14-19,25-27,50H,8,11-13,20-24,28-30H2,1-5H3,(H,59,60). The first kappa shape index (κ1) is 43.5. The molecule has 64 heavy (non-hydrogen) atoms. The fourth-order valence-electron chi connectivity index (χ4n) is 9.32. The van der Waals surface area contributed by atoms with Gasteiger partial charge in [0.15, 0.2) is 11.2 Å². The van der Waals surface area contributed by atoms with Crippen LogP contribution in [0.4, 0.5) is 5.69 Å². The fraction of sp³-hybridized carbons (Fsp3) is 0.354. The molecule has 1 unspecified atom stereocenters. The third-order valence-corrected chi connectivity index (χ3v) is 14.2. The molecular formula is C48H54ClN9O5S. The molecule has 9 rings (SSSR count). The number of nitrogens with one attached hydrogen (secondary N) is 1. The molecule has 14 nitrogen and oxygen atoms in total. The van der Waals surface area contributed by atoms with E-state index in [0.29, 0.717) is 73.2 Å². The molecule has 2 N–H and O–H groups in total. The second-order valence-corrected chi connectivity index (χ2v) is 18.9. The zero-order valence-electron chi connectivity index (χ0n) is 36.9. The predicted molar refractivity (Wildman–Crippen MR) is 252 cm³/mol. The number of anilines is 1. The number of carboxylic acid groups (broad SMARTS) is 1. The van der Waals surface area contributed by atoms with Crippen molar-refractivity contribution in [3.63, 3.8) is 0 Å². The molecule has 7 aromatic rings. The van der Waals surface area contributed by atoms with Crippen molar-refractivity contribution in [2.24, 2.45) is 21.1 Å². The lowest BCUT2D eigenvalue weighted by Gasteiger charge is -2.36. The number of ether oxygens (including phenoxy) is 2. The van der Waals surface area contributed by atoms with Crippen molar-refractivity contribution in [2.45, 2.75) is 45.4 Å². The van der Waals surface area contributed by atoms with Crippen LogP contribution in [0.15, 0.2) is 78.9 Å². The quantitative estimate of drug-likeness (QED) is 0.173. The zero-order chi connectivity index (χ0) is 44.6. The third kappa shape index (κ3) is 8.62. The van der Waals surface area contributed by atoms with Crippen LogP contribution in [0.2, 0.25) is 5.02 Å². The first-order chi connectivity index (χ1) is 30.9. The topological polar surface area (TPSA) is 135 Å². The number of nitrogens with zero attached hydrogens (tertiary/aromatic N) is 8. The normalized spacial score (nSPS) is 15.9. The average molecular weight is 905 g/mol. The molecule has 0 aliphatic carbocycles. The summed E-state index contributed by atoms with van der Waals surface area (Å²) in [5.74, 6) is 0.496. The second kappa shape index (κ2) is 18.4. The van der Waals surface area contributed by atoms with Gasteiger partial charge in [0.2, 0.25) is 0 Å². The fourth-order valence-corrected chi connectivity index (χ4v) is 10.5. The van der Waals surface area contributed by atoms with Crippen LogP contribution in [0.25, 0.3) is 32.8 Å². The van der Waals surface area contributed by atoms with E-state index in [1.54, 1.807) is 15.9 Å². The number of aromatic nitrogens is 5. The third-order valence-electron chi connectivity index (χ3n) is 12.5. The lowest BCUT2D eigenvalue weighted by Crippen LogP contribution is -2.49. The van der Waals surface area contributed by atoms with Gasteiger partial charge in [-0.25, -0.2) is 17.6 Å². The van der Waals surface area contributed by atoms with Gasteiger partial charge in [0, 0.05) is 108 Å². The van der Waals surface area contributed by atoms with Gasteiger partial charge in [-0.2, -0.15) is 10.2 Å². The Hall–Kier alpha value is -5.71. The summed E-state index contributed by atoms with van der Waals surface area (Å²) in [6.45, 7) is 4.45. The lowest BCUT2D eigenvalue weighted by atomic mass is 9.97. The summed E-state index contributed by atoms with van der Waals surface area (Å²) in [7, 11) is 9.36. The van der Waals surface area contributed by atoms with Crippen molar-refractivity contribution in [1.29, 1.82) is 0 Å². The Bertz CT molecular complexity index is 2880. The number of hydrogen-bond donors (Lipinski definition) is 2. The maximum atomic E-state index is 13.1. The maximum absolute atomic E-state index is 13.1. The van der Waals surface area contributed by atoms with Crippen molar-refractivity contribution in [2.75, 3.05) is 51.8 Å². The highest BCUT2D eigenvalue weighted by Gasteiger charge is 2.29. The molecule has 16 heteroatoms. The Morgan fingerprint density at radius 3 is 2.44 bits per heavy atom. The van der Waals surface area contributed by atoms with Crippen molar-refractivity contribution in [3.05, 3.63) is 123 Å². The van der Waals surface area contributed by atoms with E-state index in [2.05, 4.69) is 52.7 Å².